The average Bonchev–Trinajstić information content (AvgIpc) is 3.25. The molecule has 1 heterocycles. The molecule has 0 atom stereocenters. The number of imidazole rings is 1. The van der Waals surface area contributed by atoms with Gasteiger partial charge in [0.2, 0.25) is 5.91 Å². The molecule has 0 aliphatic heterocycles. The number of carbonyl (C=O) groups is 3. The molecule has 31 heavy (non-hydrogen) atoms. The Morgan fingerprint density at radius 3 is 2.58 bits per heavy atom. The molecule has 0 bridgehead atoms. The summed E-state index contributed by atoms with van der Waals surface area (Å²) in [6.45, 7) is 2.05. The Kier molecular flexibility index (Phi) is 7.27. The lowest BCUT2D eigenvalue weighted by molar-refractivity contribution is -0.121. The predicted molar refractivity (Wildman–Crippen MR) is 115 cm³/mol. The van der Waals surface area contributed by atoms with Gasteiger partial charge >= 0.3 is 0 Å². The molecule has 1 aromatic heterocycles. The Morgan fingerprint density at radius 1 is 1.19 bits per heavy atom. The number of benzene rings is 1. The van der Waals surface area contributed by atoms with Gasteiger partial charge in [-0.3, -0.25) is 14.4 Å². The number of halogens is 2. The highest BCUT2D eigenvalue weighted by molar-refractivity contribution is 6.33. The van der Waals surface area contributed by atoms with Crippen LogP contribution in [0, 0.1) is 24.6 Å². The Hall–Kier alpha value is -2.94. The van der Waals surface area contributed by atoms with Crippen LogP contribution in [0.4, 0.5) is 10.1 Å². The van der Waals surface area contributed by atoms with Gasteiger partial charge < -0.3 is 20.9 Å². The maximum atomic E-state index is 13.5. The van der Waals surface area contributed by atoms with E-state index in [4.69, 9.17) is 11.6 Å². The second kappa shape index (κ2) is 9.91. The van der Waals surface area contributed by atoms with E-state index in [0.717, 1.165) is 12.8 Å². The number of nitrogens with zero attached hydrogens (tertiary/aromatic N) is 1. The van der Waals surface area contributed by atoms with E-state index < -0.39 is 17.6 Å². The van der Waals surface area contributed by atoms with Crippen LogP contribution in [0.15, 0.2) is 18.5 Å². The van der Waals surface area contributed by atoms with Crippen LogP contribution < -0.4 is 16.0 Å². The second-order valence-electron chi connectivity index (χ2n) is 7.70. The number of anilines is 1. The Balaban J connectivity index is 1.48. The third-order valence-electron chi connectivity index (χ3n) is 5.58. The van der Waals surface area contributed by atoms with Crippen molar-refractivity contribution in [1.82, 2.24) is 20.6 Å². The molecule has 166 valence electrons. The van der Waals surface area contributed by atoms with Gasteiger partial charge in [-0.15, -0.1) is 0 Å². The van der Waals surface area contributed by atoms with Crippen LogP contribution >= 0.6 is 11.6 Å². The number of nitrogens with one attached hydrogen (secondary N) is 4. The highest BCUT2D eigenvalue weighted by Crippen LogP contribution is 2.31. The zero-order valence-electron chi connectivity index (χ0n) is 17.4. The minimum absolute atomic E-state index is 0.0545. The van der Waals surface area contributed by atoms with Crippen molar-refractivity contribution >= 4 is 35.0 Å². The molecule has 0 spiro atoms. The van der Waals surface area contributed by atoms with Gasteiger partial charge in [-0.25, -0.2) is 9.37 Å². The van der Waals surface area contributed by atoms with Gasteiger partial charge in [-0.05, 0) is 56.2 Å². The standard InChI is InChI=1S/C21H25ClFN5O3/c1-11-7-16(14(22)8-15(11)23)28-19(29)13-5-3-12(4-6-13)9-25-21(31)18-17(20(30)24-2)26-10-27-18/h7-8,10,12-13H,3-6,9H2,1-2H3,(H,24,30)(H,25,31)(H,26,27)(H,28,29). The molecular formula is C21H25ClFN5O3. The maximum absolute atomic E-state index is 13.5. The van der Waals surface area contributed by atoms with Gasteiger partial charge in [-0.1, -0.05) is 11.6 Å². The molecule has 3 rings (SSSR count). The SMILES string of the molecule is CNC(=O)c1[nH]cnc1C(=O)NCC1CCC(C(=O)Nc2cc(C)c(F)cc2Cl)CC1. The fourth-order valence-corrected chi connectivity index (χ4v) is 3.90. The van der Waals surface area contributed by atoms with Gasteiger partial charge in [0.15, 0.2) is 5.69 Å². The molecule has 2 aromatic rings. The molecule has 0 saturated heterocycles. The quantitative estimate of drug-likeness (QED) is 0.542. The van der Waals surface area contributed by atoms with Crippen molar-refractivity contribution in [1.29, 1.82) is 0 Å². The van der Waals surface area contributed by atoms with Crippen LogP contribution in [0.3, 0.4) is 0 Å². The number of aryl methyl sites for hydroxylation is 1. The van der Waals surface area contributed by atoms with Crippen molar-refractivity contribution in [2.24, 2.45) is 11.8 Å². The fourth-order valence-electron chi connectivity index (χ4n) is 3.70. The number of H-pyrrole nitrogens is 1. The van der Waals surface area contributed by atoms with E-state index in [9.17, 15) is 18.8 Å². The molecule has 0 radical (unpaired) electrons. The minimum atomic E-state index is -0.416. The predicted octanol–water partition coefficient (Wildman–Crippen LogP) is 3.05. The van der Waals surface area contributed by atoms with Crippen molar-refractivity contribution in [3.8, 4) is 0 Å². The average molecular weight is 450 g/mol. The van der Waals surface area contributed by atoms with Crippen LogP contribution in [0.25, 0.3) is 0 Å². The van der Waals surface area contributed by atoms with E-state index in [1.807, 2.05) is 0 Å². The topological polar surface area (TPSA) is 116 Å². The summed E-state index contributed by atoms with van der Waals surface area (Å²) < 4.78 is 13.5. The smallest absolute Gasteiger partial charge is 0.272 e. The molecule has 10 heteroatoms. The molecule has 8 nitrogen and oxygen atoms in total. The van der Waals surface area contributed by atoms with Gasteiger partial charge in [0.25, 0.3) is 11.8 Å². The van der Waals surface area contributed by atoms with Crippen LogP contribution in [0.1, 0.15) is 52.2 Å². The first-order valence-electron chi connectivity index (χ1n) is 10.1. The highest BCUT2D eigenvalue weighted by atomic mass is 35.5. The number of aromatic amines is 1. The normalized spacial score (nSPS) is 18.3. The monoisotopic (exact) mass is 449 g/mol. The van der Waals surface area contributed by atoms with Crippen molar-refractivity contribution in [3.63, 3.8) is 0 Å². The summed E-state index contributed by atoms with van der Waals surface area (Å²) in [5.41, 5.74) is 0.996. The van der Waals surface area contributed by atoms with Gasteiger partial charge in [0, 0.05) is 19.5 Å². The molecule has 1 aromatic carbocycles. The first-order chi connectivity index (χ1) is 14.8. The van der Waals surface area contributed by atoms with Crippen LogP contribution in [0.2, 0.25) is 5.02 Å². The molecule has 1 aliphatic rings. The summed E-state index contributed by atoms with van der Waals surface area (Å²) in [5.74, 6) is -1.32. The Morgan fingerprint density at radius 2 is 1.90 bits per heavy atom. The van der Waals surface area contributed by atoms with Crippen molar-refractivity contribution < 1.29 is 18.8 Å². The molecular weight excluding hydrogens is 425 g/mol. The third-order valence-corrected chi connectivity index (χ3v) is 5.90. The lowest BCUT2D eigenvalue weighted by Crippen LogP contribution is -2.34. The van der Waals surface area contributed by atoms with Crippen LogP contribution in [0.5, 0.6) is 0 Å². The fraction of sp³-hybridized carbons (Fsp3) is 0.429. The molecule has 3 amide bonds. The van der Waals surface area contributed by atoms with Gasteiger partial charge in [0.1, 0.15) is 11.5 Å². The van der Waals surface area contributed by atoms with E-state index in [1.54, 1.807) is 6.92 Å². The van der Waals surface area contributed by atoms with Crippen molar-refractivity contribution in [2.75, 3.05) is 18.9 Å². The number of rotatable bonds is 6. The van der Waals surface area contributed by atoms with Crippen LogP contribution in [-0.2, 0) is 4.79 Å². The van der Waals surface area contributed by atoms with E-state index in [-0.39, 0.29) is 34.2 Å². The van der Waals surface area contributed by atoms with Gasteiger partial charge in [-0.2, -0.15) is 0 Å². The summed E-state index contributed by atoms with van der Waals surface area (Å²) in [7, 11) is 1.48. The minimum Gasteiger partial charge on any atom is -0.354 e. The molecule has 0 unspecified atom stereocenters. The lowest BCUT2D eigenvalue weighted by atomic mass is 9.81. The number of hydrogen-bond acceptors (Lipinski definition) is 4. The number of hydrogen-bond donors (Lipinski definition) is 4. The molecule has 1 saturated carbocycles. The Bertz CT molecular complexity index is 985. The first-order valence-corrected chi connectivity index (χ1v) is 10.5. The van der Waals surface area contributed by atoms with E-state index in [0.29, 0.717) is 30.6 Å². The molecule has 1 fully saturated rings. The van der Waals surface area contributed by atoms with Crippen LogP contribution in [-0.4, -0.2) is 41.3 Å². The summed E-state index contributed by atoms with van der Waals surface area (Å²) in [4.78, 5) is 43.3. The zero-order valence-corrected chi connectivity index (χ0v) is 18.1. The first kappa shape index (κ1) is 22.7. The molecule has 4 N–H and O–H groups in total. The summed E-state index contributed by atoms with van der Waals surface area (Å²) in [6, 6.07) is 2.72. The third kappa shape index (κ3) is 5.41. The van der Waals surface area contributed by atoms with E-state index in [1.165, 1.54) is 25.5 Å². The number of aromatic nitrogens is 2. The highest BCUT2D eigenvalue weighted by Gasteiger charge is 2.28. The summed E-state index contributed by atoms with van der Waals surface area (Å²) in [6.07, 6.45) is 4.21. The van der Waals surface area contributed by atoms with E-state index >= 15 is 0 Å². The second-order valence-corrected chi connectivity index (χ2v) is 8.11. The van der Waals surface area contributed by atoms with Crippen molar-refractivity contribution in [3.05, 3.63) is 46.3 Å². The lowest BCUT2D eigenvalue weighted by Gasteiger charge is -2.28. The largest absolute Gasteiger partial charge is 0.354 e. The number of carbonyl (C=O) groups excluding carboxylic acids is 3. The van der Waals surface area contributed by atoms with Crippen molar-refractivity contribution in [2.45, 2.75) is 32.6 Å². The Labute approximate surface area is 184 Å². The van der Waals surface area contributed by atoms with E-state index in [2.05, 4.69) is 25.9 Å². The zero-order chi connectivity index (χ0) is 22.5. The molecule has 1 aliphatic carbocycles. The summed E-state index contributed by atoms with van der Waals surface area (Å²) in [5, 5.41) is 8.24. The van der Waals surface area contributed by atoms with Gasteiger partial charge in [0.05, 0.1) is 17.0 Å². The maximum Gasteiger partial charge on any atom is 0.272 e. The number of amides is 3. The summed E-state index contributed by atoms with van der Waals surface area (Å²) >= 11 is 6.03.